The fourth-order valence-electron chi connectivity index (χ4n) is 4.39. The van der Waals surface area contributed by atoms with Crippen LogP contribution in [0, 0.1) is 0 Å². The lowest BCUT2D eigenvalue weighted by atomic mass is 10.1. The van der Waals surface area contributed by atoms with Gasteiger partial charge in [0, 0.05) is 25.3 Å². The SMILES string of the molecule is CCNc1ccccc1.CCO[C@@H](Cc1ccc(OCCN2c3ccccc3Oc3ccccc32)cc1)C(=O)O. The number of anilines is 3. The second-order valence-corrected chi connectivity index (χ2v) is 9.06. The molecule has 40 heavy (non-hydrogen) atoms. The first kappa shape index (κ1) is 28.5. The van der Waals surface area contributed by atoms with Crippen LogP contribution in [0.4, 0.5) is 17.1 Å². The minimum atomic E-state index is -0.951. The van der Waals surface area contributed by atoms with E-state index in [4.69, 9.17) is 14.2 Å². The number of hydrogen-bond donors (Lipinski definition) is 2. The van der Waals surface area contributed by atoms with Crippen LogP contribution in [0.15, 0.2) is 103 Å². The Labute approximate surface area is 235 Å². The summed E-state index contributed by atoms with van der Waals surface area (Å²) in [5, 5.41) is 12.4. The molecule has 208 valence electrons. The van der Waals surface area contributed by atoms with Crippen LogP contribution in [0.25, 0.3) is 0 Å². The summed E-state index contributed by atoms with van der Waals surface area (Å²) in [5.41, 5.74) is 4.11. The van der Waals surface area contributed by atoms with Crippen molar-refractivity contribution in [2.24, 2.45) is 0 Å². The molecule has 5 rings (SSSR count). The second kappa shape index (κ2) is 14.6. The van der Waals surface area contributed by atoms with Crippen molar-refractivity contribution in [1.82, 2.24) is 0 Å². The van der Waals surface area contributed by atoms with Crippen LogP contribution in [0.3, 0.4) is 0 Å². The van der Waals surface area contributed by atoms with Crippen LogP contribution in [-0.2, 0) is 16.0 Å². The lowest BCUT2D eigenvalue weighted by molar-refractivity contribution is -0.149. The van der Waals surface area contributed by atoms with Gasteiger partial charge in [0.1, 0.15) is 12.4 Å². The number of rotatable bonds is 11. The van der Waals surface area contributed by atoms with Crippen molar-refractivity contribution in [3.05, 3.63) is 109 Å². The highest BCUT2D eigenvalue weighted by Gasteiger charge is 2.23. The van der Waals surface area contributed by atoms with Gasteiger partial charge in [-0.1, -0.05) is 54.6 Å². The van der Waals surface area contributed by atoms with Gasteiger partial charge in [-0.05, 0) is 67.9 Å². The van der Waals surface area contributed by atoms with Crippen molar-refractivity contribution < 1.29 is 24.1 Å². The highest BCUT2D eigenvalue weighted by atomic mass is 16.5. The molecule has 4 aromatic rings. The Hall–Kier alpha value is -4.49. The zero-order valence-electron chi connectivity index (χ0n) is 23.0. The number of para-hydroxylation sites is 5. The molecule has 0 saturated carbocycles. The van der Waals surface area contributed by atoms with E-state index in [-0.39, 0.29) is 0 Å². The van der Waals surface area contributed by atoms with Gasteiger partial charge >= 0.3 is 5.97 Å². The Balaban J connectivity index is 0.000000350. The highest BCUT2D eigenvalue weighted by molar-refractivity contribution is 5.77. The van der Waals surface area contributed by atoms with Gasteiger partial charge in [-0.25, -0.2) is 4.79 Å². The maximum absolute atomic E-state index is 11.3. The van der Waals surface area contributed by atoms with E-state index in [1.165, 1.54) is 5.69 Å². The van der Waals surface area contributed by atoms with Gasteiger partial charge in [0.15, 0.2) is 17.6 Å². The number of aliphatic carboxylic acids is 1. The van der Waals surface area contributed by atoms with Crippen LogP contribution in [0.1, 0.15) is 19.4 Å². The molecule has 1 heterocycles. The highest BCUT2D eigenvalue weighted by Crippen LogP contribution is 2.45. The number of hydrogen-bond acceptors (Lipinski definition) is 6. The van der Waals surface area contributed by atoms with Gasteiger partial charge < -0.3 is 29.5 Å². The molecule has 0 fully saturated rings. The molecule has 1 aliphatic heterocycles. The number of benzene rings is 4. The first-order valence-corrected chi connectivity index (χ1v) is 13.6. The Morgan fingerprint density at radius 2 is 1.45 bits per heavy atom. The molecule has 0 aliphatic carbocycles. The summed E-state index contributed by atoms with van der Waals surface area (Å²) in [7, 11) is 0. The average molecular weight is 541 g/mol. The van der Waals surface area contributed by atoms with Crippen LogP contribution >= 0.6 is 0 Å². The van der Waals surface area contributed by atoms with E-state index in [2.05, 4.69) is 29.3 Å². The zero-order valence-corrected chi connectivity index (χ0v) is 23.0. The van der Waals surface area contributed by atoms with Crippen LogP contribution in [0.2, 0.25) is 0 Å². The Bertz CT molecular complexity index is 1300. The van der Waals surface area contributed by atoms with Crippen LogP contribution in [0.5, 0.6) is 17.2 Å². The van der Waals surface area contributed by atoms with Crippen LogP contribution in [-0.4, -0.2) is 43.5 Å². The number of carbonyl (C=O) groups is 1. The fraction of sp³-hybridized carbons (Fsp3) is 0.242. The molecule has 7 nitrogen and oxygen atoms in total. The normalized spacial score (nSPS) is 12.1. The van der Waals surface area contributed by atoms with Gasteiger partial charge in [0.05, 0.1) is 17.9 Å². The Morgan fingerprint density at radius 1 is 0.850 bits per heavy atom. The van der Waals surface area contributed by atoms with E-state index in [0.29, 0.717) is 26.2 Å². The van der Waals surface area contributed by atoms with E-state index in [0.717, 1.165) is 40.7 Å². The molecule has 0 amide bonds. The van der Waals surface area contributed by atoms with E-state index in [1.807, 2.05) is 91.0 Å². The van der Waals surface area contributed by atoms with Crippen molar-refractivity contribution in [1.29, 1.82) is 0 Å². The van der Waals surface area contributed by atoms with Crippen molar-refractivity contribution >= 4 is 23.0 Å². The molecule has 0 saturated heterocycles. The van der Waals surface area contributed by atoms with Gasteiger partial charge in [0.2, 0.25) is 0 Å². The monoisotopic (exact) mass is 540 g/mol. The molecule has 4 aromatic carbocycles. The molecular formula is C33H36N2O5. The van der Waals surface area contributed by atoms with E-state index < -0.39 is 12.1 Å². The Kier molecular flexibility index (Phi) is 10.4. The smallest absolute Gasteiger partial charge is 0.333 e. The molecular weight excluding hydrogens is 504 g/mol. The fourth-order valence-corrected chi connectivity index (χ4v) is 4.39. The quantitative estimate of drug-likeness (QED) is 0.209. The first-order chi connectivity index (χ1) is 19.6. The molecule has 1 atom stereocenters. The summed E-state index contributed by atoms with van der Waals surface area (Å²) in [5.74, 6) is 1.44. The van der Waals surface area contributed by atoms with Crippen molar-refractivity contribution in [2.45, 2.75) is 26.4 Å². The number of fused-ring (bicyclic) bond motifs is 2. The van der Waals surface area contributed by atoms with E-state index in [9.17, 15) is 9.90 Å². The third-order valence-corrected chi connectivity index (χ3v) is 6.26. The summed E-state index contributed by atoms with van der Waals surface area (Å²) >= 11 is 0. The van der Waals surface area contributed by atoms with E-state index >= 15 is 0 Å². The topological polar surface area (TPSA) is 80.3 Å². The molecule has 7 heteroatoms. The third-order valence-electron chi connectivity index (χ3n) is 6.26. The number of carboxylic acids is 1. The van der Waals surface area contributed by atoms with Gasteiger partial charge in [0.25, 0.3) is 0 Å². The number of carboxylic acid groups (broad SMARTS) is 1. The number of nitrogens with one attached hydrogen (secondary N) is 1. The van der Waals surface area contributed by atoms with E-state index in [1.54, 1.807) is 6.92 Å². The molecule has 0 unspecified atom stereocenters. The largest absolute Gasteiger partial charge is 0.492 e. The van der Waals surface area contributed by atoms with Crippen molar-refractivity contribution in [3.63, 3.8) is 0 Å². The lowest BCUT2D eigenvalue weighted by Gasteiger charge is -2.32. The van der Waals surface area contributed by atoms with Gasteiger partial charge in [-0.2, -0.15) is 0 Å². The van der Waals surface area contributed by atoms with Gasteiger partial charge in [-0.15, -0.1) is 0 Å². The third kappa shape index (κ3) is 7.77. The molecule has 0 aromatic heterocycles. The molecule has 0 spiro atoms. The molecule has 0 radical (unpaired) electrons. The summed E-state index contributed by atoms with van der Waals surface area (Å²) in [6, 6.07) is 33.6. The summed E-state index contributed by atoms with van der Waals surface area (Å²) in [6.45, 7) is 6.38. The minimum absolute atomic E-state index is 0.324. The van der Waals surface area contributed by atoms with Gasteiger partial charge in [-0.3, -0.25) is 0 Å². The predicted molar refractivity (Wildman–Crippen MR) is 159 cm³/mol. The Morgan fingerprint density at radius 3 is 2.02 bits per heavy atom. The maximum Gasteiger partial charge on any atom is 0.333 e. The van der Waals surface area contributed by atoms with Crippen molar-refractivity contribution in [3.8, 4) is 17.2 Å². The molecule has 2 N–H and O–H groups in total. The molecule has 0 bridgehead atoms. The standard InChI is InChI=1S/C25H25NO5.C8H11N/c1-2-29-24(25(27)28)17-18-11-13-19(14-12-18)30-16-15-26-20-7-3-5-9-22(20)31-23-10-6-4-8-21(23)26;1-2-9-8-6-4-3-5-7-8/h3-14,24H,2,15-17H2,1H3,(H,27,28);3-7,9H,2H2,1H3/t24-;/m0./s1. The lowest BCUT2D eigenvalue weighted by Crippen LogP contribution is -2.26. The number of nitrogens with zero attached hydrogens (tertiary/aromatic N) is 1. The molecule has 1 aliphatic rings. The summed E-state index contributed by atoms with van der Waals surface area (Å²) in [6.07, 6.45) is -0.511. The summed E-state index contributed by atoms with van der Waals surface area (Å²) in [4.78, 5) is 13.5. The predicted octanol–water partition coefficient (Wildman–Crippen LogP) is 7.16. The maximum atomic E-state index is 11.3. The second-order valence-electron chi connectivity index (χ2n) is 9.06. The number of ether oxygens (including phenoxy) is 3. The van der Waals surface area contributed by atoms with Crippen molar-refractivity contribution in [2.75, 3.05) is 36.5 Å². The van der Waals surface area contributed by atoms with Crippen LogP contribution < -0.4 is 19.7 Å². The summed E-state index contributed by atoms with van der Waals surface area (Å²) < 4.78 is 17.3. The zero-order chi connectivity index (χ0) is 28.2. The minimum Gasteiger partial charge on any atom is -0.492 e. The first-order valence-electron chi connectivity index (χ1n) is 13.6. The average Bonchev–Trinajstić information content (AvgIpc) is 2.98.